The van der Waals surface area contributed by atoms with Crippen molar-refractivity contribution in [3.63, 3.8) is 0 Å². The number of carbonyl (C=O) groups excluding carboxylic acids is 1. The summed E-state index contributed by atoms with van der Waals surface area (Å²) in [5.41, 5.74) is -0.113. The lowest BCUT2D eigenvalue weighted by Crippen LogP contribution is -2.31. The van der Waals surface area contributed by atoms with Crippen molar-refractivity contribution in [1.29, 1.82) is 0 Å². The molecule has 19 heavy (non-hydrogen) atoms. The van der Waals surface area contributed by atoms with Gasteiger partial charge in [-0.05, 0) is 18.3 Å². The van der Waals surface area contributed by atoms with Gasteiger partial charge < -0.3 is 10.4 Å². The summed E-state index contributed by atoms with van der Waals surface area (Å²) in [5, 5.41) is 18.2. The van der Waals surface area contributed by atoms with Gasteiger partial charge in [0.15, 0.2) is 0 Å². The Morgan fingerprint density at radius 3 is 2.74 bits per heavy atom. The van der Waals surface area contributed by atoms with Crippen LogP contribution in [0.5, 0.6) is 0 Å². The summed E-state index contributed by atoms with van der Waals surface area (Å²) in [5.74, 6) is -0.795. The molecule has 7 nitrogen and oxygen atoms in total. The van der Waals surface area contributed by atoms with E-state index in [0.29, 0.717) is 24.4 Å². The molecule has 0 saturated heterocycles. The summed E-state index contributed by atoms with van der Waals surface area (Å²) in [7, 11) is 0. The smallest absolute Gasteiger partial charge is 0.319 e. The summed E-state index contributed by atoms with van der Waals surface area (Å²) >= 11 is 1.10. The lowest BCUT2D eigenvalue weighted by molar-refractivity contribution is -0.137. The molecule has 0 radical (unpaired) electrons. The van der Waals surface area contributed by atoms with E-state index in [1.165, 1.54) is 6.20 Å². The highest BCUT2D eigenvalue weighted by atomic mass is 32.1. The fourth-order valence-corrected chi connectivity index (χ4v) is 1.88. The molecule has 0 atom stereocenters. The Bertz CT molecular complexity index is 420. The molecule has 1 aromatic rings. The minimum Gasteiger partial charge on any atom is -0.481 e. The molecule has 1 rings (SSSR count). The van der Waals surface area contributed by atoms with Gasteiger partial charge in [0, 0.05) is 24.5 Å². The number of nitrogens with one attached hydrogen (secondary N) is 2. The zero-order chi connectivity index (χ0) is 14.3. The molecule has 0 saturated carbocycles. The van der Waals surface area contributed by atoms with E-state index in [9.17, 15) is 9.59 Å². The SMILES string of the molecule is CC(C)(CCNC(=O)Nc1cnns1)CCC(=O)O. The number of nitrogens with zero attached hydrogens (tertiary/aromatic N) is 2. The number of hydrogen-bond acceptors (Lipinski definition) is 5. The summed E-state index contributed by atoms with van der Waals surface area (Å²) in [6.45, 7) is 4.47. The average molecular weight is 286 g/mol. The van der Waals surface area contributed by atoms with Gasteiger partial charge in [-0.25, -0.2) is 4.79 Å². The topological polar surface area (TPSA) is 104 Å². The van der Waals surface area contributed by atoms with E-state index in [4.69, 9.17) is 5.11 Å². The van der Waals surface area contributed by atoms with Gasteiger partial charge in [0.25, 0.3) is 0 Å². The Labute approximate surface area is 115 Å². The van der Waals surface area contributed by atoms with Crippen LogP contribution in [-0.4, -0.2) is 33.2 Å². The Balaban J connectivity index is 2.21. The monoisotopic (exact) mass is 286 g/mol. The average Bonchev–Trinajstić information content (AvgIpc) is 2.79. The number of amides is 2. The number of carboxylic acid groups (broad SMARTS) is 1. The van der Waals surface area contributed by atoms with Crippen LogP contribution in [0.2, 0.25) is 0 Å². The zero-order valence-corrected chi connectivity index (χ0v) is 11.8. The first-order valence-corrected chi connectivity index (χ1v) is 6.70. The van der Waals surface area contributed by atoms with Crippen molar-refractivity contribution in [3.8, 4) is 0 Å². The number of aromatic nitrogens is 2. The molecule has 2 amide bonds. The quantitative estimate of drug-likeness (QED) is 0.710. The maximum atomic E-state index is 11.5. The van der Waals surface area contributed by atoms with Crippen LogP contribution in [0, 0.1) is 5.41 Å². The van der Waals surface area contributed by atoms with Crippen LogP contribution in [0.1, 0.15) is 33.1 Å². The molecule has 0 aliphatic carbocycles. The highest BCUT2D eigenvalue weighted by molar-refractivity contribution is 7.10. The predicted octanol–water partition coefficient (Wildman–Crippen LogP) is 1.94. The molecule has 0 aliphatic rings. The number of urea groups is 1. The van der Waals surface area contributed by atoms with Crippen molar-refractivity contribution in [1.82, 2.24) is 14.9 Å². The summed E-state index contributed by atoms with van der Waals surface area (Å²) in [6.07, 6.45) is 2.92. The molecule has 3 N–H and O–H groups in total. The Hall–Kier alpha value is -1.70. The van der Waals surface area contributed by atoms with E-state index in [2.05, 4.69) is 20.2 Å². The molecule has 1 aromatic heterocycles. The molecule has 0 spiro atoms. The van der Waals surface area contributed by atoms with Gasteiger partial charge in [0.05, 0.1) is 6.20 Å². The third kappa shape index (κ3) is 6.70. The highest BCUT2D eigenvalue weighted by Crippen LogP contribution is 2.25. The number of hydrogen-bond donors (Lipinski definition) is 3. The van der Waals surface area contributed by atoms with E-state index in [0.717, 1.165) is 11.5 Å². The molecule has 8 heteroatoms. The van der Waals surface area contributed by atoms with E-state index in [1.54, 1.807) is 0 Å². The fourth-order valence-electron chi connectivity index (χ4n) is 1.46. The zero-order valence-electron chi connectivity index (χ0n) is 11.0. The van der Waals surface area contributed by atoms with Crippen LogP contribution in [-0.2, 0) is 4.79 Å². The van der Waals surface area contributed by atoms with Crippen LogP contribution in [0.3, 0.4) is 0 Å². The van der Waals surface area contributed by atoms with Crippen molar-refractivity contribution in [2.45, 2.75) is 33.1 Å². The summed E-state index contributed by atoms with van der Waals surface area (Å²) in [6, 6.07) is -0.305. The number of rotatable bonds is 7. The van der Waals surface area contributed by atoms with Crippen LogP contribution < -0.4 is 10.6 Å². The maximum absolute atomic E-state index is 11.5. The van der Waals surface area contributed by atoms with Crippen molar-refractivity contribution in [2.75, 3.05) is 11.9 Å². The van der Waals surface area contributed by atoms with Gasteiger partial charge in [0.1, 0.15) is 5.00 Å². The molecule has 1 heterocycles. The molecular weight excluding hydrogens is 268 g/mol. The van der Waals surface area contributed by atoms with Crippen molar-refractivity contribution in [2.24, 2.45) is 5.41 Å². The van der Waals surface area contributed by atoms with Gasteiger partial charge in [-0.1, -0.05) is 18.3 Å². The van der Waals surface area contributed by atoms with Crippen LogP contribution in [0.4, 0.5) is 9.80 Å². The van der Waals surface area contributed by atoms with Gasteiger partial charge in [0.2, 0.25) is 0 Å². The van der Waals surface area contributed by atoms with E-state index < -0.39 is 5.97 Å². The van der Waals surface area contributed by atoms with Crippen LogP contribution in [0.25, 0.3) is 0 Å². The lowest BCUT2D eigenvalue weighted by Gasteiger charge is -2.23. The molecular formula is C11H18N4O3S. The van der Waals surface area contributed by atoms with Gasteiger partial charge >= 0.3 is 12.0 Å². The third-order valence-corrected chi connectivity index (χ3v) is 3.28. The maximum Gasteiger partial charge on any atom is 0.319 e. The second kappa shape index (κ2) is 7.03. The number of anilines is 1. The number of carbonyl (C=O) groups is 2. The summed E-state index contributed by atoms with van der Waals surface area (Å²) in [4.78, 5) is 22.0. The Kier molecular flexibility index (Phi) is 5.68. The molecule has 0 fully saturated rings. The second-order valence-electron chi connectivity index (χ2n) is 4.97. The first kappa shape index (κ1) is 15.4. The number of aliphatic carboxylic acids is 1. The van der Waals surface area contributed by atoms with Crippen molar-refractivity contribution in [3.05, 3.63) is 6.20 Å². The molecule has 0 bridgehead atoms. The van der Waals surface area contributed by atoms with Crippen LogP contribution >= 0.6 is 11.5 Å². The Morgan fingerprint density at radius 2 is 2.16 bits per heavy atom. The second-order valence-corrected chi connectivity index (χ2v) is 5.76. The van der Waals surface area contributed by atoms with Crippen molar-refractivity contribution >= 4 is 28.5 Å². The standard InChI is InChI=1S/C11H18N4O3S/c1-11(2,4-3-9(16)17)5-6-12-10(18)14-8-7-13-15-19-8/h7H,3-6H2,1-2H3,(H,16,17)(H2,12,14,18). The van der Waals surface area contributed by atoms with Gasteiger partial charge in [-0.15, -0.1) is 5.10 Å². The Morgan fingerprint density at radius 1 is 1.42 bits per heavy atom. The largest absolute Gasteiger partial charge is 0.481 e. The molecule has 106 valence electrons. The van der Waals surface area contributed by atoms with Gasteiger partial charge in [-0.2, -0.15) is 0 Å². The minimum atomic E-state index is -0.795. The third-order valence-electron chi connectivity index (χ3n) is 2.70. The van der Waals surface area contributed by atoms with E-state index >= 15 is 0 Å². The predicted molar refractivity (Wildman–Crippen MR) is 72.2 cm³/mol. The van der Waals surface area contributed by atoms with Crippen LogP contribution in [0.15, 0.2) is 6.20 Å². The van der Waals surface area contributed by atoms with E-state index in [1.807, 2.05) is 13.8 Å². The lowest BCUT2D eigenvalue weighted by atomic mass is 9.84. The minimum absolute atomic E-state index is 0.113. The number of carboxylic acids is 1. The highest BCUT2D eigenvalue weighted by Gasteiger charge is 2.19. The van der Waals surface area contributed by atoms with E-state index in [-0.39, 0.29) is 17.9 Å². The molecule has 0 aliphatic heterocycles. The first-order valence-electron chi connectivity index (χ1n) is 5.93. The van der Waals surface area contributed by atoms with Crippen molar-refractivity contribution < 1.29 is 14.7 Å². The fraction of sp³-hybridized carbons (Fsp3) is 0.636. The first-order chi connectivity index (χ1) is 8.89. The normalized spacial score (nSPS) is 11.1. The molecule has 0 unspecified atom stereocenters. The molecule has 0 aromatic carbocycles. The van der Waals surface area contributed by atoms with Gasteiger partial charge in [-0.3, -0.25) is 10.1 Å². The summed E-state index contributed by atoms with van der Waals surface area (Å²) < 4.78 is 3.63.